The van der Waals surface area contributed by atoms with E-state index in [0.717, 1.165) is 12.2 Å². The lowest BCUT2D eigenvalue weighted by atomic mass is 10.1. The summed E-state index contributed by atoms with van der Waals surface area (Å²) in [7, 11) is 0. The lowest BCUT2D eigenvalue weighted by Gasteiger charge is -2.22. The first kappa shape index (κ1) is 15.9. The van der Waals surface area contributed by atoms with E-state index in [1.165, 1.54) is 0 Å². The van der Waals surface area contributed by atoms with Crippen LogP contribution in [-0.2, 0) is 0 Å². The van der Waals surface area contributed by atoms with Gasteiger partial charge in [0.05, 0.1) is 18.8 Å². The first-order valence-corrected chi connectivity index (χ1v) is 7.51. The van der Waals surface area contributed by atoms with Crippen molar-refractivity contribution in [2.24, 2.45) is 0 Å². The van der Waals surface area contributed by atoms with Gasteiger partial charge in [0.2, 0.25) is 0 Å². The third-order valence-electron chi connectivity index (χ3n) is 3.47. The molecule has 116 valence electrons. The van der Waals surface area contributed by atoms with Crippen molar-refractivity contribution in [3.05, 3.63) is 54.1 Å². The number of ketones is 1. The van der Waals surface area contributed by atoms with Gasteiger partial charge in [0.15, 0.2) is 5.78 Å². The smallest absolute Gasteiger partial charge is 0.182 e. The van der Waals surface area contributed by atoms with E-state index >= 15 is 0 Å². The van der Waals surface area contributed by atoms with E-state index in [9.17, 15) is 4.79 Å². The van der Waals surface area contributed by atoms with Crippen LogP contribution in [0.2, 0.25) is 0 Å². The maximum absolute atomic E-state index is 12.5. The average molecular weight is 298 g/mol. The summed E-state index contributed by atoms with van der Waals surface area (Å²) < 4.78 is 5.40. The molecule has 0 amide bonds. The van der Waals surface area contributed by atoms with Crippen molar-refractivity contribution in [1.82, 2.24) is 0 Å². The minimum Gasteiger partial charge on any atom is -0.492 e. The molecule has 0 radical (unpaired) electrons. The quantitative estimate of drug-likeness (QED) is 0.629. The van der Waals surface area contributed by atoms with Gasteiger partial charge in [-0.05, 0) is 44.2 Å². The molecule has 0 aromatic heterocycles. The highest BCUT2D eigenvalue weighted by molar-refractivity contribution is 6.00. The van der Waals surface area contributed by atoms with Gasteiger partial charge in [-0.1, -0.05) is 18.2 Å². The number of hydrogen-bond acceptors (Lipinski definition) is 4. The molecule has 2 N–H and O–H groups in total. The zero-order valence-corrected chi connectivity index (χ0v) is 13.1. The minimum atomic E-state index is 0.0421. The number of rotatable bonds is 7. The fourth-order valence-electron chi connectivity index (χ4n) is 2.30. The number of nitrogens with two attached hydrogens (primary N) is 1. The molecule has 4 nitrogen and oxygen atoms in total. The zero-order chi connectivity index (χ0) is 15.9. The highest BCUT2D eigenvalue weighted by Gasteiger charge is 2.13. The van der Waals surface area contributed by atoms with Gasteiger partial charge in [0.25, 0.3) is 0 Å². The fourth-order valence-corrected chi connectivity index (χ4v) is 2.30. The van der Waals surface area contributed by atoms with Crippen molar-refractivity contribution in [2.75, 3.05) is 30.3 Å². The van der Waals surface area contributed by atoms with Crippen LogP contribution in [0, 0.1) is 0 Å². The van der Waals surface area contributed by atoms with E-state index in [0.29, 0.717) is 30.2 Å². The number of nitrogen functional groups attached to an aromatic ring is 1. The molecule has 0 atom stereocenters. The second-order valence-electron chi connectivity index (χ2n) is 4.96. The molecule has 2 aromatic rings. The molecule has 0 fully saturated rings. The summed E-state index contributed by atoms with van der Waals surface area (Å²) in [6.07, 6.45) is 0. The second kappa shape index (κ2) is 7.50. The Bertz CT molecular complexity index is 626. The van der Waals surface area contributed by atoms with Gasteiger partial charge in [-0.15, -0.1) is 0 Å². The van der Waals surface area contributed by atoms with E-state index in [2.05, 4.69) is 0 Å². The molecule has 0 aliphatic rings. The molecular formula is C18H22N2O2. The third kappa shape index (κ3) is 3.79. The fraction of sp³-hybridized carbons (Fsp3) is 0.278. The number of nitrogens with zero attached hydrogens (tertiary/aromatic N) is 1. The monoisotopic (exact) mass is 298 g/mol. The van der Waals surface area contributed by atoms with Crippen LogP contribution in [0.15, 0.2) is 48.5 Å². The number of Topliss-reactive ketones (excluding diaryl/α,β-unsaturated/α-hetero) is 1. The van der Waals surface area contributed by atoms with Crippen LogP contribution < -0.4 is 15.4 Å². The first-order chi connectivity index (χ1) is 10.7. The first-order valence-electron chi connectivity index (χ1n) is 7.51. The largest absolute Gasteiger partial charge is 0.492 e. The van der Waals surface area contributed by atoms with Gasteiger partial charge in [-0.2, -0.15) is 0 Å². The molecule has 0 spiro atoms. The molecule has 2 aromatic carbocycles. The molecule has 0 saturated heterocycles. The van der Waals surface area contributed by atoms with Crippen LogP contribution in [0.25, 0.3) is 0 Å². The SMILES string of the molecule is CCOc1ccc(C(=O)CN(CC)c2ccccc2)cc1N. The number of anilines is 2. The second-order valence-corrected chi connectivity index (χ2v) is 4.96. The summed E-state index contributed by atoms with van der Waals surface area (Å²) in [5, 5.41) is 0. The van der Waals surface area contributed by atoms with E-state index in [-0.39, 0.29) is 5.78 Å². The molecule has 4 heteroatoms. The van der Waals surface area contributed by atoms with E-state index in [1.807, 2.05) is 49.1 Å². The van der Waals surface area contributed by atoms with Crippen LogP contribution in [-0.4, -0.2) is 25.5 Å². The van der Waals surface area contributed by atoms with Crippen LogP contribution in [0.3, 0.4) is 0 Å². The molecule has 22 heavy (non-hydrogen) atoms. The Morgan fingerprint density at radius 3 is 2.45 bits per heavy atom. The Labute approximate surface area is 131 Å². The van der Waals surface area contributed by atoms with Gasteiger partial charge >= 0.3 is 0 Å². The molecule has 0 aliphatic carbocycles. The van der Waals surface area contributed by atoms with E-state index < -0.39 is 0 Å². The maximum atomic E-state index is 12.5. The summed E-state index contributed by atoms with van der Waals surface area (Å²) in [5.74, 6) is 0.662. The molecule has 0 saturated carbocycles. The number of para-hydroxylation sites is 1. The standard InChI is InChI=1S/C18H22N2O2/c1-3-20(15-8-6-5-7-9-15)13-17(21)14-10-11-18(22-4-2)16(19)12-14/h5-12H,3-4,13,19H2,1-2H3. The Morgan fingerprint density at radius 1 is 1.14 bits per heavy atom. The zero-order valence-electron chi connectivity index (χ0n) is 13.1. The maximum Gasteiger partial charge on any atom is 0.182 e. The Hall–Kier alpha value is -2.49. The summed E-state index contributed by atoms with van der Waals surface area (Å²) in [5.41, 5.74) is 8.07. The predicted molar refractivity (Wildman–Crippen MR) is 90.7 cm³/mol. The molecule has 0 unspecified atom stereocenters. The van der Waals surface area contributed by atoms with Crippen molar-refractivity contribution in [3.63, 3.8) is 0 Å². The van der Waals surface area contributed by atoms with Crippen molar-refractivity contribution >= 4 is 17.2 Å². The molecular weight excluding hydrogens is 276 g/mol. The number of carbonyl (C=O) groups excluding carboxylic acids is 1. The number of hydrogen-bond donors (Lipinski definition) is 1. The Kier molecular flexibility index (Phi) is 5.42. The number of ether oxygens (including phenoxy) is 1. The molecule has 0 bridgehead atoms. The Balaban J connectivity index is 2.12. The van der Waals surface area contributed by atoms with Crippen LogP contribution in [0.1, 0.15) is 24.2 Å². The Morgan fingerprint density at radius 2 is 1.86 bits per heavy atom. The minimum absolute atomic E-state index is 0.0421. The topological polar surface area (TPSA) is 55.6 Å². The van der Waals surface area contributed by atoms with Crippen LogP contribution >= 0.6 is 0 Å². The predicted octanol–water partition coefficient (Wildman–Crippen LogP) is 3.38. The van der Waals surface area contributed by atoms with Crippen molar-refractivity contribution < 1.29 is 9.53 Å². The van der Waals surface area contributed by atoms with Crippen molar-refractivity contribution in [3.8, 4) is 5.75 Å². The summed E-state index contributed by atoms with van der Waals surface area (Å²) >= 11 is 0. The summed E-state index contributed by atoms with van der Waals surface area (Å²) in [4.78, 5) is 14.5. The van der Waals surface area contributed by atoms with Gasteiger partial charge in [0, 0.05) is 17.8 Å². The average Bonchev–Trinajstić information content (AvgIpc) is 2.55. The number of likely N-dealkylation sites (N-methyl/N-ethyl adjacent to an activating group) is 1. The number of benzene rings is 2. The lowest BCUT2D eigenvalue weighted by molar-refractivity contribution is 0.0999. The summed E-state index contributed by atoms with van der Waals surface area (Å²) in [6, 6.07) is 15.1. The van der Waals surface area contributed by atoms with E-state index in [4.69, 9.17) is 10.5 Å². The van der Waals surface area contributed by atoms with E-state index in [1.54, 1.807) is 18.2 Å². The van der Waals surface area contributed by atoms with Gasteiger partial charge in [0.1, 0.15) is 5.75 Å². The van der Waals surface area contributed by atoms with Gasteiger partial charge in [-0.3, -0.25) is 4.79 Å². The van der Waals surface area contributed by atoms with Crippen LogP contribution in [0.4, 0.5) is 11.4 Å². The third-order valence-corrected chi connectivity index (χ3v) is 3.47. The van der Waals surface area contributed by atoms with Crippen LogP contribution in [0.5, 0.6) is 5.75 Å². The summed E-state index contributed by atoms with van der Waals surface area (Å²) in [6.45, 7) is 5.58. The normalized spacial score (nSPS) is 10.3. The highest BCUT2D eigenvalue weighted by atomic mass is 16.5. The van der Waals surface area contributed by atoms with Gasteiger partial charge in [-0.25, -0.2) is 0 Å². The van der Waals surface area contributed by atoms with Gasteiger partial charge < -0.3 is 15.4 Å². The molecule has 0 aliphatic heterocycles. The highest BCUT2D eigenvalue weighted by Crippen LogP contribution is 2.23. The van der Waals surface area contributed by atoms with Crippen molar-refractivity contribution in [1.29, 1.82) is 0 Å². The lowest BCUT2D eigenvalue weighted by Crippen LogP contribution is -2.29. The molecule has 2 rings (SSSR count). The molecule has 0 heterocycles. The number of carbonyl (C=O) groups is 1. The van der Waals surface area contributed by atoms with Crippen molar-refractivity contribution in [2.45, 2.75) is 13.8 Å².